The predicted molar refractivity (Wildman–Crippen MR) is 249 cm³/mol. The molecule has 0 atom stereocenters. The number of hydrogen-bond donors (Lipinski definition) is 0. The third-order valence-electron chi connectivity index (χ3n) is 14.0. The molecule has 3 aliphatic rings. The molecule has 1 aromatic heterocycles. The summed E-state index contributed by atoms with van der Waals surface area (Å²) in [6.45, 7) is 4.75. The lowest BCUT2D eigenvalue weighted by atomic mass is 9.70. The van der Waals surface area contributed by atoms with E-state index in [2.05, 4.69) is 230 Å². The minimum absolute atomic E-state index is 0.130. The van der Waals surface area contributed by atoms with E-state index < -0.39 is 5.41 Å². The second-order valence-corrected chi connectivity index (χ2v) is 17.2. The van der Waals surface area contributed by atoms with Crippen LogP contribution in [0.2, 0.25) is 0 Å². The van der Waals surface area contributed by atoms with Crippen LogP contribution in [-0.4, -0.2) is 4.57 Å². The van der Waals surface area contributed by atoms with Crippen LogP contribution in [0.3, 0.4) is 0 Å². The van der Waals surface area contributed by atoms with Crippen molar-refractivity contribution in [2.45, 2.75) is 24.7 Å². The summed E-state index contributed by atoms with van der Waals surface area (Å²) in [7, 11) is 0. The van der Waals surface area contributed by atoms with Crippen molar-refractivity contribution >= 4 is 38.9 Å². The second-order valence-electron chi connectivity index (χ2n) is 17.2. The number of rotatable bonds is 4. The first-order valence-electron chi connectivity index (χ1n) is 21.1. The topological polar surface area (TPSA) is 8.17 Å². The average Bonchev–Trinajstić information content (AvgIpc) is 3.97. The fourth-order valence-electron chi connectivity index (χ4n) is 11.5. The van der Waals surface area contributed by atoms with Crippen molar-refractivity contribution in [3.8, 4) is 39.1 Å². The van der Waals surface area contributed by atoms with Gasteiger partial charge in [0.15, 0.2) is 0 Å². The maximum absolute atomic E-state index is 2.50. The van der Waals surface area contributed by atoms with Crippen LogP contribution in [0.4, 0.5) is 17.1 Å². The van der Waals surface area contributed by atoms with E-state index in [-0.39, 0.29) is 5.41 Å². The summed E-state index contributed by atoms with van der Waals surface area (Å²) in [5, 5.41) is 2.53. The zero-order chi connectivity index (χ0) is 39.7. The number of para-hydroxylation sites is 2. The molecule has 0 saturated heterocycles. The van der Waals surface area contributed by atoms with Crippen LogP contribution in [-0.2, 0) is 10.8 Å². The van der Waals surface area contributed by atoms with Crippen LogP contribution in [0, 0.1) is 0 Å². The Bertz CT molecular complexity index is 3300. The Morgan fingerprint density at radius 3 is 1.25 bits per heavy atom. The van der Waals surface area contributed by atoms with Crippen molar-refractivity contribution in [2.75, 3.05) is 4.90 Å². The molecule has 0 radical (unpaired) electrons. The van der Waals surface area contributed by atoms with Crippen LogP contribution < -0.4 is 4.90 Å². The van der Waals surface area contributed by atoms with Crippen LogP contribution in [0.25, 0.3) is 60.9 Å². The zero-order valence-corrected chi connectivity index (χ0v) is 33.5. The van der Waals surface area contributed by atoms with Crippen molar-refractivity contribution < 1.29 is 0 Å². The van der Waals surface area contributed by atoms with Crippen LogP contribution in [0.1, 0.15) is 47.2 Å². The third kappa shape index (κ3) is 4.27. The molecule has 0 bridgehead atoms. The molecule has 2 nitrogen and oxygen atoms in total. The molecule has 0 N–H and O–H groups in total. The quantitative estimate of drug-likeness (QED) is 0.173. The van der Waals surface area contributed by atoms with Gasteiger partial charge in [0.2, 0.25) is 0 Å². The highest BCUT2D eigenvalue weighted by molar-refractivity contribution is 6.09. The van der Waals surface area contributed by atoms with Crippen molar-refractivity contribution in [1.29, 1.82) is 0 Å². The first-order chi connectivity index (χ1) is 29.5. The highest BCUT2D eigenvalue weighted by Crippen LogP contribution is 2.63. The molecule has 60 heavy (non-hydrogen) atoms. The van der Waals surface area contributed by atoms with Gasteiger partial charge in [0.05, 0.1) is 16.4 Å². The molecule has 3 aliphatic carbocycles. The molecule has 0 saturated carbocycles. The number of aromatic nitrogens is 1. The molecule has 10 aromatic rings. The average molecular weight is 765 g/mol. The molecule has 13 rings (SSSR count). The van der Waals surface area contributed by atoms with Gasteiger partial charge in [-0.1, -0.05) is 159 Å². The molecule has 0 fully saturated rings. The fraction of sp³-hybridized carbons (Fsp3) is 0.0690. The maximum Gasteiger partial charge on any atom is 0.0726 e. The van der Waals surface area contributed by atoms with E-state index in [4.69, 9.17) is 0 Å². The van der Waals surface area contributed by atoms with Crippen LogP contribution in [0.15, 0.2) is 206 Å². The Balaban J connectivity index is 1.04. The number of nitrogens with zero attached hydrogens (tertiary/aromatic N) is 2. The summed E-state index contributed by atoms with van der Waals surface area (Å²) >= 11 is 0. The zero-order valence-electron chi connectivity index (χ0n) is 33.5. The van der Waals surface area contributed by atoms with Gasteiger partial charge in [-0.3, -0.25) is 0 Å². The van der Waals surface area contributed by atoms with Crippen LogP contribution >= 0.6 is 0 Å². The van der Waals surface area contributed by atoms with Gasteiger partial charge >= 0.3 is 0 Å². The molecule has 282 valence electrons. The smallest absolute Gasteiger partial charge is 0.0726 e. The summed E-state index contributed by atoms with van der Waals surface area (Å²) in [5.41, 5.74) is 22.5. The van der Waals surface area contributed by atoms with Crippen molar-refractivity contribution in [1.82, 2.24) is 4.57 Å². The summed E-state index contributed by atoms with van der Waals surface area (Å²) in [6, 6.07) is 77.2. The Morgan fingerprint density at radius 1 is 0.333 bits per heavy atom. The lowest BCUT2D eigenvalue weighted by Crippen LogP contribution is -2.26. The lowest BCUT2D eigenvalue weighted by molar-refractivity contribution is 0.660. The highest BCUT2D eigenvalue weighted by atomic mass is 15.1. The van der Waals surface area contributed by atoms with Crippen molar-refractivity contribution in [2.24, 2.45) is 0 Å². The van der Waals surface area contributed by atoms with E-state index in [9.17, 15) is 0 Å². The van der Waals surface area contributed by atoms with Gasteiger partial charge in [-0.2, -0.15) is 0 Å². The van der Waals surface area contributed by atoms with Gasteiger partial charge < -0.3 is 9.47 Å². The molecule has 1 spiro atoms. The summed E-state index contributed by atoms with van der Waals surface area (Å²) in [4.78, 5) is 2.48. The van der Waals surface area contributed by atoms with Gasteiger partial charge in [0.25, 0.3) is 0 Å². The summed E-state index contributed by atoms with van der Waals surface area (Å²) in [6.07, 6.45) is 0. The minimum atomic E-state index is -0.428. The molecular formula is C58H40N2. The fourth-order valence-corrected chi connectivity index (χ4v) is 11.5. The number of benzene rings is 9. The van der Waals surface area contributed by atoms with Gasteiger partial charge in [0, 0.05) is 38.9 Å². The normalized spacial score (nSPS) is 14.4. The first kappa shape index (κ1) is 33.5. The molecule has 0 amide bonds. The summed E-state index contributed by atoms with van der Waals surface area (Å²) in [5.74, 6) is 0. The molecular weight excluding hydrogens is 725 g/mol. The largest absolute Gasteiger partial charge is 0.310 e. The van der Waals surface area contributed by atoms with Gasteiger partial charge in [-0.05, 0) is 127 Å². The van der Waals surface area contributed by atoms with E-state index in [0.717, 1.165) is 22.7 Å². The number of anilines is 3. The van der Waals surface area contributed by atoms with Crippen molar-refractivity contribution in [3.63, 3.8) is 0 Å². The van der Waals surface area contributed by atoms with E-state index in [1.54, 1.807) is 0 Å². The first-order valence-corrected chi connectivity index (χ1v) is 21.1. The molecule has 2 heteroatoms. The molecule has 1 heterocycles. The van der Waals surface area contributed by atoms with Crippen molar-refractivity contribution in [3.05, 3.63) is 240 Å². The van der Waals surface area contributed by atoms with E-state index in [1.165, 1.54) is 88.6 Å². The Hall–Kier alpha value is -7.42. The van der Waals surface area contributed by atoms with Gasteiger partial charge in [-0.25, -0.2) is 0 Å². The second kappa shape index (κ2) is 12.1. The van der Waals surface area contributed by atoms with Gasteiger partial charge in [-0.15, -0.1) is 0 Å². The monoisotopic (exact) mass is 764 g/mol. The van der Waals surface area contributed by atoms with Crippen LogP contribution in [0.5, 0.6) is 0 Å². The molecule has 9 aromatic carbocycles. The Labute approximate surface area is 350 Å². The van der Waals surface area contributed by atoms with E-state index in [0.29, 0.717) is 0 Å². The molecule has 0 aliphatic heterocycles. The number of hydrogen-bond acceptors (Lipinski definition) is 1. The number of fused-ring (bicyclic) bond motifs is 16. The third-order valence-corrected chi connectivity index (χ3v) is 14.0. The molecule has 0 unspecified atom stereocenters. The highest BCUT2D eigenvalue weighted by Gasteiger charge is 2.51. The van der Waals surface area contributed by atoms with E-state index >= 15 is 0 Å². The summed E-state index contributed by atoms with van der Waals surface area (Å²) < 4.78 is 2.40. The minimum Gasteiger partial charge on any atom is -0.310 e. The SMILES string of the molecule is CC1(C)c2ccccc2-c2ccc(N(c3ccc(-n4c5ccccc5c5ccccc54)cc3)c3ccc4c(c3)C3(c5ccccc5-c5ccccc53)c3ccccc3-4)cc21. The standard InChI is InChI=1S/C58H40N2/c1-57(2)49-21-9-3-15-41(49)45-33-31-39(35-53(45)57)59(37-27-29-38(30-28-37)60-55-25-13-7-19-47(55)48-20-8-14-26-56(48)60)40-32-34-46-44-18-6-12-24-52(44)58(54(46)36-40)50-22-10-4-16-42(50)43-17-5-11-23-51(43)58/h3-36H,1-2H3. The van der Waals surface area contributed by atoms with Gasteiger partial charge in [0.1, 0.15) is 0 Å². The van der Waals surface area contributed by atoms with E-state index in [1.807, 2.05) is 0 Å². The maximum atomic E-state index is 2.50. The predicted octanol–water partition coefficient (Wildman–Crippen LogP) is 14.9. The lowest BCUT2D eigenvalue weighted by Gasteiger charge is -2.32. The Morgan fingerprint density at radius 2 is 0.717 bits per heavy atom. The Kier molecular flexibility index (Phi) is 6.74.